The molecule has 2 heterocycles. The summed E-state index contributed by atoms with van der Waals surface area (Å²) in [4.78, 5) is 29.7. The number of amides is 1. The standard InChI is InChI=1S/C17H13ClF3N3O2S2/c1-8(28-16-23-14-10(5-6-27-14)15(26)24(16)2)13(25)22-12-4-3-9(18)7-11(12)17(19,20)21/h3-8H,1-2H3,(H,22,25). The molecule has 0 aliphatic heterocycles. The number of aromatic nitrogens is 2. The summed E-state index contributed by atoms with van der Waals surface area (Å²) in [6, 6.07) is 4.79. The molecule has 3 aromatic rings. The quantitative estimate of drug-likeness (QED) is 0.461. The number of carbonyl (C=O) groups excluding carboxylic acids is 1. The second-order valence-corrected chi connectivity index (χ2v) is 8.47. The van der Waals surface area contributed by atoms with Crippen LogP contribution in [0.25, 0.3) is 10.2 Å². The summed E-state index contributed by atoms with van der Waals surface area (Å²) in [5.41, 5.74) is -1.67. The van der Waals surface area contributed by atoms with Gasteiger partial charge < -0.3 is 5.32 Å². The average Bonchev–Trinajstić information content (AvgIpc) is 3.08. The lowest BCUT2D eigenvalue weighted by molar-refractivity contribution is -0.137. The van der Waals surface area contributed by atoms with Gasteiger partial charge in [-0.25, -0.2) is 4.98 Å². The van der Waals surface area contributed by atoms with E-state index in [4.69, 9.17) is 11.6 Å². The van der Waals surface area contributed by atoms with Crippen LogP contribution in [0.4, 0.5) is 18.9 Å². The topological polar surface area (TPSA) is 64.0 Å². The fraction of sp³-hybridized carbons (Fsp3) is 0.235. The highest BCUT2D eigenvalue weighted by Gasteiger charge is 2.34. The Balaban J connectivity index is 1.83. The summed E-state index contributed by atoms with van der Waals surface area (Å²) in [6.45, 7) is 1.52. The maximum absolute atomic E-state index is 13.2. The fourth-order valence-corrected chi connectivity index (χ4v) is 4.24. The first-order chi connectivity index (χ1) is 13.1. The number of carbonyl (C=O) groups is 1. The van der Waals surface area contributed by atoms with Crippen LogP contribution >= 0.6 is 34.7 Å². The van der Waals surface area contributed by atoms with Crippen LogP contribution in [-0.4, -0.2) is 20.7 Å². The second-order valence-electron chi connectivity index (χ2n) is 5.83. The first-order valence-electron chi connectivity index (χ1n) is 7.86. The Hall–Kier alpha value is -2.04. The van der Waals surface area contributed by atoms with E-state index in [2.05, 4.69) is 10.3 Å². The Bertz CT molecular complexity index is 1110. The van der Waals surface area contributed by atoms with E-state index in [1.807, 2.05) is 0 Å². The highest BCUT2D eigenvalue weighted by atomic mass is 35.5. The van der Waals surface area contributed by atoms with E-state index in [1.54, 1.807) is 11.4 Å². The average molecular weight is 448 g/mol. The molecule has 0 radical (unpaired) electrons. The molecule has 0 aliphatic rings. The molecule has 3 rings (SSSR count). The Labute approximate surface area is 170 Å². The zero-order valence-electron chi connectivity index (χ0n) is 14.5. The highest BCUT2D eigenvalue weighted by molar-refractivity contribution is 8.00. The Morgan fingerprint density at radius 3 is 2.75 bits per heavy atom. The lowest BCUT2D eigenvalue weighted by Crippen LogP contribution is -2.26. The zero-order valence-corrected chi connectivity index (χ0v) is 16.9. The number of rotatable bonds is 4. The maximum atomic E-state index is 13.2. The molecule has 0 bridgehead atoms. The van der Waals surface area contributed by atoms with Crippen LogP contribution in [0.2, 0.25) is 5.02 Å². The molecule has 1 N–H and O–H groups in total. The van der Waals surface area contributed by atoms with Gasteiger partial charge in [0.05, 0.1) is 21.9 Å². The lowest BCUT2D eigenvalue weighted by atomic mass is 10.1. The summed E-state index contributed by atoms with van der Waals surface area (Å²) in [7, 11) is 1.53. The van der Waals surface area contributed by atoms with Crippen molar-refractivity contribution < 1.29 is 18.0 Å². The van der Waals surface area contributed by atoms with Crippen molar-refractivity contribution in [2.45, 2.75) is 23.5 Å². The fourth-order valence-electron chi connectivity index (χ4n) is 2.39. The number of hydrogen-bond acceptors (Lipinski definition) is 5. The van der Waals surface area contributed by atoms with Crippen molar-refractivity contribution in [3.8, 4) is 0 Å². The van der Waals surface area contributed by atoms with Gasteiger partial charge in [-0.15, -0.1) is 11.3 Å². The summed E-state index contributed by atoms with van der Waals surface area (Å²) in [6.07, 6.45) is -4.67. The van der Waals surface area contributed by atoms with Crippen LogP contribution in [0, 0.1) is 0 Å². The molecule has 0 saturated heterocycles. The van der Waals surface area contributed by atoms with E-state index >= 15 is 0 Å². The normalized spacial score (nSPS) is 12.9. The monoisotopic (exact) mass is 447 g/mol. The second kappa shape index (κ2) is 7.76. The number of alkyl halides is 3. The van der Waals surface area contributed by atoms with Crippen LogP contribution in [-0.2, 0) is 18.0 Å². The number of thiophene rings is 1. The van der Waals surface area contributed by atoms with E-state index in [0.717, 1.165) is 23.9 Å². The summed E-state index contributed by atoms with van der Waals surface area (Å²) >= 11 is 7.92. The Morgan fingerprint density at radius 1 is 1.36 bits per heavy atom. The molecule has 0 aliphatic carbocycles. The van der Waals surface area contributed by atoms with Gasteiger partial charge in [-0.05, 0) is 36.6 Å². The first kappa shape index (κ1) is 20.7. The smallest absolute Gasteiger partial charge is 0.325 e. The third-order valence-corrected chi connectivity index (χ3v) is 6.05. The van der Waals surface area contributed by atoms with Gasteiger partial charge in [-0.1, -0.05) is 23.4 Å². The molecule has 1 aromatic carbocycles. The minimum absolute atomic E-state index is 0.0869. The Morgan fingerprint density at radius 2 is 2.07 bits per heavy atom. The van der Waals surface area contributed by atoms with Gasteiger partial charge in [0.1, 0.15) is 4.83 Å². The van der Waals surface area contributed by atoms with Crippen molar-refractivity contribution in [3.05, 3.63) is 50.6 Å². The van der Waals surface area contributed by atoms with Crippen LogP contribution in [0.5, 0.6) is 0 Å². The Kier molecular flexibility index (Phi) is 5.74. The largest absolute Gasteiger partial charge is 0.418 e. The molecule has 0 fully saturated rings. The van der Waals surface area contributed by atoms with Gasteiger partial charge in [-0.2, -0.15) is 13.2 Å². The molecule has 11 heteroatoms. The van der Waals surface area contributed by atoms with Gasteiger partial charge in [0.2, 0.25) is 5.91 Å². The van der Waals surface area contributed by atoms with Gasteiger partial charge in [0, 0.05) is 12.1 Å². The summed E-state index contributed by atoms with van der Waals surface area (Å²) in [5, 5.41) is 3.91. The van der Waals surface area contributed by atoms with Gasteiger partial charge >= 0.3 is 6.18 Å². The highest BCUT2D eigenvalue weighted by Crippen LogP contribution is 2.37. The molecule has 0 saturated carbocycles. The van der Waals surface area contributed by atoms with Crippen LogP contribution in [0.1, 0.15) is 12.5 Å². The molecule has 1 atom stereocenters. The van der Waals surface area contributed by atoms with Crippen molar-refractivity contribution in [1.82, 2.24) is 9.55 Å². The van der Waals surface area contributed by atoms with Crippen LogP contribution in [0.15, 0.2) is 39.6 Å². The van der Waals surface area contributed by atoms with Crippen molar-refractivity contribution in [3.63, 3.8) is 0 Å². The van der Waals surface area contributed by atoms with E-state index in [0.29, 0.717) is 15.4 Å². The number of anilines is 1. The van der Waals surface area contributed by atoms with Crippen molar-refractivity contribution in [2.24, 2.45) is 7.05 Å². The summed E-state index contributed by atoms with van der Waals surface area (Å²) < 4.78 is 40.9. The SMILES string of the molecule is CC(Sc1nc2sccc2c(=O)n1C)C(=O)Nc1ccc(Cl)cc1C(F)(F)F. The number of halogens is 4. The number of nitrogens with zero attached hydrogens (tertiary/aromatic N) is 2. The molecular formula is C17H13ClF3N3O2S2. The number of fused-ring (bicyclic) bond motifs is 1. The van der Waals surface area contributed by atoms with E-state index < -0.39 is 22.9 Å². The number of thioether (sulfide) groups is 1. The van der Waals surface area contributed by atoms with Gasteiger partial charge in [-0.3, -0.25) is 14.2 Å². The third-order valence-electron chi connectivity index (χ3n) is 3.86. The molecule has 148 valence electrons. The molecule has 5 nitrogen and oxygen atoms in total. The molecule has 1 unspecified atom stereocenters. The number of hydrogen-bond donors (Lipinski definition) is 1. The van der Waals surface area contributed by atoms with Crippen molar-refractivity contribution >= 4 is 56.5 Å². The van der Waals surface area contributed by atoms with Crippen LogP contribution < -0.4 is 10.9 Å². The van der Waals surface area contributed by atoms with Crippen LogP contribution in [0.3, 0.4) is 0 Å². The van der Waals surface area contributed by atoms with E-state index in [1.165, 1.54) is 35.9 Å². The van der Waals surface area contributed by atoms with Gasteiger partial charge in [0.25, 0.3) is 5.56 Å². The van der Waals surface area contributed by atoms with Crippen molar-refractivity contribution in [2.75, 3.05) is 5.32 Å². The molecule has 28 heavy (non-hydrogen) atoms. The van der Waals surface area contributed by atoms with E-state index in [-0.39, 0.29) is 16.3 Å². The number of nitrogens with one attached hydrogen (secondary N) is 1. The zero-order chi connectivity index (χ0) is 20.6. The first-order valence-corrected chi connectivity index (χ1v) is 10.00. The lowest BCUT2D eigenvalue weighted by Gasteiger charge is -2.17. The predicted octanol–water partition coefficient (Wildman–Crippen LogP) is 4.79. The number of benzene rings is 1. The maximum Gasteiger partial charge on any atom is 0.418 e. The molecule has 1 amide bonds. The van der Waals surface area contributed by atoms with Gasteiger partial charge in [0.15, 0.2) is 5.16 Å². The minimum Gasteiger partial charge on any atom is -0.325 e. The van der Waals surface area contributed by atoms with Crippen molar-refractivity contribution in [1.29, 1.82) is 0 Å². The van der Waals surface area contributed by atoms with E-state index in [9.17, 15) is 22.8 Å². The summed E-state index contributed by atoms with van der Waals surface area (Å²) in [5.74, 6) is -0.654. The third kappa shape index (κ3) is 4.18. The molecule has 2 aromatic heterocycles. The molecule has 0 spiro atoms. The predicted molar refractivity (Wildman–Crippen MR) is 105 cm³/mol. The molecular weight excluding hydrogens is 435 g/mol. The minimum atomic E-state index is -4.67.